The van der Waals surface area contributed by atoms with Crippen LogP contribution in [0.5, 0.6) is 0 Å². The summed E-state index contributed by atoms with van der Waals surface area (Å²) >= 11 is 0. The minimum absolute atomic E-state index is 0.0334. The lowest BCUT2D eigenvalue weighted by Gasteiger charge is -2.35. The summed E-state index contributed by atoms with van der Waals surface area (Å²) in [5.74, 6) is -1.28. The maximum absolute atomic E-state index is 10.6. The molecular weight excluding hydrogens is 254 g/mol. The Labute approximate surface area is 109 Å². The number of carbonyl (C=O) groups excluding carboxylic acids is 1. The van der Waals surface area contributed by atoms with Gasteiger partial charge >= 0.3 is 0 Å². The Morgan fingerprint density at radius 2 is 1.84 bits per heavy atom. The fourth-order valence-electron chi connectivity index (χ4n) is 1.80. The zero-order chi connectivity index (χ0) is 14.0. The molecule has 0 spiro atoms. The zero-order valence-corrected chi connectivity index (χ0v) is 9.89. The monoisotopic (exact) mass is 268 g/mol. The Bertz CT molecular complexity index is 448. The molecule has 0 aliphatic carbocycles. The van der Waals surface area contributed by atoms with E-state index in [4.69, 9.17) is 4.74 Å². The van der Waals surface area contributed by atoms with Gasteiger partial charge in [0.2, 0.25) is 0 Å². The molecule has 2 rings (SSSR count). The van der Waals surface area contributed by atoms with Crippen LogP contribution in [0.1, 0.15) is 10.4 Å². The molecule has 0 aromatic heterocycles. The van der Waals surface area contributed by atoms with Gasteiger partial charge in [-0.05, 0) is 17.7 Å². The first-order chi connectivity index (χ1) is 8.99. The van der Waals surface area contributed by atoms with Crippen molar-refractivity contribution in [1.82, 2.24) is 0 Å². The summed E-state index contributed by atoms with van der Waals surface area (Å²) in [5, 5.41) is 41.9. The molecule has 0 amide bonds. The van der Waals surface area contributed by atoms with Crippen molar-refractivity contribution in [2.45, 2.75) is 24.5 Å². The van der Waals surface area contributed by atoms with Crippen LogP contribution in [0.3, 0.4) is 0 Å². The van der Waals surface area contributed by atoms with E-state index in [0.717, 1.165) is 0 Å². The van der Waals surface area contributed by atoms with Crippen molar-refractivity contribution < 1.29 is 30.0 Å². The lowest BCUT2D eigenvalue weighted by Crippen LogP contribution is -2.55. The summed E-state index contributed by atoms with van der Waals surface area (Å²) in [6.45, 7) is -0.104. The number of hydrogen-bond acceptors (Lipinski definition) is 7. The molecular formula is C12H14NO6-. The largest absolute Gasteiger partial charge is 0.545 e. The molecule has 1 saturated heterocycles. The highest BCUT2D eigenvalue weighted by Crippen LogP contribution is 2.18. The van der Waals surface area contributed by atoms with E-state index in [0.29, 0.717) is 5.69 Å². The number of aliphatic hydroxyl groups is 3. The average Bonchev–Trinajstić information content (AvgIpc) is 2.40. The van der Waals surface area contributed by atoms with E-state index in [9.17, 15) is 25.2 Å². The molecule has 1 aromatic carbocycles. The van der Waals surface area contributed by atoms with Gasteiger partial charge < -0.3 is 35.3 Å². The minimum Gasteiger partial charge on any atom is -0.545 e. The van der Waals surface area contributed by atoms with Gasteiger partial charge in [0.1, 0.15) is 18.3 Å². The van der Waals surface area contributed by atoms with Crippen molar-refractivity contribution in [3.8, 4) is 0 Å². The van der Waals surface area contributed by atoms with Crippen molar-refractivity contribution >= 4 is 11.7 Å². The molecule has 19 heavy (non-hydrogen) atoms. The number of carboxylic acids is 1. The van der Waals surface area contributed by atoms with Crippen molar-refractivity contribution in [3.63, 3.8) is 0 Å². The van der Waals surface area contributed by atoms with Gasteiger partial charge in [-0.2, -0.15) is 0 Å². The lowest BCUT2D eigenvalue weighted by atomic mass is 10.0. The molecule has 4 atom stereocenters. The van der Waals surface area contributed by atoms with Crippen LogP contribution in [0.25, 0.3) is 0 Å². The SMILES string of the molecule is O=C([O-])c1ccc(NC2OCC(O)C(O)C2O)cc1. The molecule has 1 aromatic rings. The molecule has 4 unspecified atom stereocenters. The van der Waals surface area contributed by atoms with Crippen LogP contribution < -0.4 is 10.4 Å². The normalized spacial score (nSPS) is 30.9. The highest BCUT2D eigenvalue weighted by molar-refractivity contribution is 5.86. The number of anilines is 1. The van der Waals surface area contributed by atoms with Crippen LogP contribution >= 0.6 is 0 Å². The molecule has 7 heteroatoms. The van der Waals surface area contributed by atoms with Crippen molar-refractivity contribution in [1.29, 1.82) is 0 Å². The van der Waals surface area contributed by atoms with Gasteiger partial charge in [-0.15, -0.1) is 0 Å². The van der Waals surface area contributed by atoms with E-state index in [2.05, 4.69) is 5.32 Å². The van der Waals surface area contributed by atoms with E-state index in [-0.39, 0.29) is 12.2 Å². The Kier molecular flexibility index (Phi) is 4.01. The highest BCUT2D eigenvalue weighted by atomic mass is 16.5. The maximum atomic E-state index is 10.6. The van der Waals surface area contributed by atoms with E-state index < -0.39 is 30.5 Å². The van der Waals surface area contributed by atoms with E-state index in [1.165, 1.54) is 24.3 Å². The Morgan fingerprint density at radius 3 is 2.42 bits per heavy atom. The van der Waals surface area contributed by atoms with Gasteiger partial charge in [0.05, 0.1) is 12.6 Å². The maximum Gasteiger partial charge on any atom is 0.156 e. The standard InChI is InChI=1S/C12H15NO6/c14-8-5-19-11(10(16)9(8)15)13-7-3-1-6(2-4-7)12(17)18/h1-4,8-11,13-16H,5H2,(H,17,18)/p-1. The third kappa shape index (κ3) is 3.02. The van der Waals surface area contributed by atoms with Gasteiger partial charge in [0, 0.05) is 5.69 Å². The summed E-state index contributed by atoms with van der Waals surface area (Å²) in [4.78, 5) is 10.6. The zero-order valence-electron chi connectivity index (χ0n) is 9.89. The summed E-state index contributed by atoms with van der Waals surface area (Å²) in [5.41, 5.74) is 0.545. The predicted octanol–water partition coefficient (Wildman–Crippen LogP) is -2.10. The van der Waals surface area contributed by atoms with Crippen LogP contribution in [0.2, 0.25) is 0 Å². The number of aromatic carboxylic acids is 1. The number of benzene rings is 1. The molecule has 7 nitrogen and oxygen atoms in total. The summed E-state index contributed by atoms with van der Waals surface area (Å²) < 4.78 is 5.15. The second kappa shape index (κ2) is 5.54. The molecule has 0 saturated carbocycles. The third-order valence-corrected chi connectivity index (χ3v) is 2.93. The average molecular weight is 268 g/mol. The fourth-order valence-corrected chi connectivity index (χ4v) is 1.80. The fraction of sp³-hybridized carbons (Fsp3) is 0.417. The van der Waals surface area contributed by atoms with Crippen LogP contribution in [0.15, 0.2) is 24.3 Å². The van der Waals surface area contributed by atoms with Crippen LogP contribution in [-0.4, -0.2) is 52.4 Å². The quantitative estimate of drug-likeness (QED) is 0.495. The van der Waals surface area contributed by atoms with E-state index >= 15 is 0 Å². The van der Waals surface area contributed by atoms with Crippen LogP contribution in [0, 0.1) is 0 Å². The molecule has 1 fully saturated rings. The van der Waals surface area contributed by atoms with E-state index in [1.54, 1.807) is 0 Å². The molecule has 4 N–H and O–H groups in total. The number of aliphatic hydroxyl groups excluding tert-OH is 3. The highest BCUT2D eigenvalue weighted by Gasteiger charge is 2.37. The lowest BCUT2D eigenvalue weighted by molar-refractivity contribution is -0.255. The van der Waals surface area contributed by atoms with Gasteiger partial charge in [-0.3, -0.25) is 0 Å². The second-order valence-corrected chi connectivity index (χ2v) is 4.31. The van der Waals surface area contributed by atoms with Crippen LogP contribution in [-0.2, 0) is 4.74 Å². The molecule has 0 radical (unpaired) electrons. The number of ether oxygens (including phenoxy) is 1. The van der Waals surface area contributed by atoms with Gasteiger partial charge in [0.25, 0.3) is 0 Å². The van der Waals surface area contributed by atoms with Gasteiger partial charge in [-0.1, -0.05) is 12.1 Å². The summed E-state index contributed by atoms with van der Waals surface area (Å²) in [6, 6.07) is 5.66. The second-order valence-electron chi connectivity index (χ2n) is 4.31. The molecule has 1 heterocycles. The Hall–Kier alpha value is -1.67. The molecule has 0 bridgehead atoms. The Balaban J connectivity index is 2.03. The van der Waals surface area contributed by atoms with Gasteiger partial charge in [-0.25, -0.2) is 0 Å². The van der Waals surface area contributed by atoms with E-state index in [1.807, 2.05) is 0 Å². The first kappa shape index (κ1) is 13.8. The number of nitrogens with one attached hydrogen (secondary N) is 1. The molecule has 104 valence electrons. The first-order valence-electron chi connectivity index (χ1n) is 5.73. The topological polar surface area (TPSA) is 122 Å². The predicted molar refractivity (Wildman–Crippen MR) is 62.2 cm³/mol. The third-order valence-electron chi connectivity index (χ3n) is 2.93. The summed E-state index contributed by atoms with van der Waals surface area (Å²) in [6.07, 6.45) is -4.60. The number of rotatable bonds is 3. The van der Waals surface area contributed by atoms with Crippen molar-refractivity contribution in [3.05, 3.63) is 29.8 Å². The number of hydrogen-bond donors (Lipinski definition) is 4. The minimum atomic E-state index is -1.30. The first-order valence-corrected chi connectivity index (χ1v) is 5.73. The summed E-state index contributed by atoms with van der Waals surface area (Å²) in [7, 11) is 0. The molecule has 1 aliphatic rings. The van der Waals surface area contributed by atoms with Gasteiger partial charge in [0.15, 0.2) is 6.23 Å². The van der Waals surface area contributed by atoms with Crippen LogP contribution in [0.4, 0.5) is 5.69 Å². The number of carboxylic acid groups (broad SMARTS) is 1. The molecule has 1 aliphatic heterocycles. The smallest absolute Gasteiger partial charge is 0.156 e. The van der Waals surface area contributed by atoms with Crippen molar-refractivity contribution in [2.24, 2.45) is 0 Å². The Morgan fingerprint density at radius 1 is 1.21 bits per heavy atom. The number of carbonyl (C=O) groups is 1. The van der Waals surface area contributed by atoms with Crippen molar-refractivity contribution in [2.75, 3.05) is 11.9 Å².